The van der Waals surface area contributed by atoms with Crippen LogP contribution in [0.5, 0.6) is 0 Å². The van der Waals surface area contributed by atoms with Gasteiger partial charge < -0.3 is 4.57 Å². The summed E-state index contributed by atoms with van der Waals surface area (Å²) in [4.78, 5) is 0. The molecule has 0 saturated carbocycles. The Morgan fingerprint density at radius 3 is 2.38 bits per heavy atom. The average Bonchev–Trinajstić information content (AvgIpc) is 2.45. The lowest BCUT2D eigenvalue weighted by molar-refractivity contribution is 0.575. The number of nitrogens with zero attached hydrogens (tertiary/aromatic N) is 3. The van der Waals surface area contributed by atoms with E-state index in [4.69, 9.17) is 10.7 Å². The average molecular weight is 224 g/mol. The summed E-state index contributed by atoms with van der Waals surface area (Å²) in [7, 11) is 1.39. The predicted octanol–water partition coefficient (Wildman–Crippen LogP) is 0.788. The molecule has 0 aromatic carbocycles. The van der Waals surface area contributed by atoms with Crippen LogP contribution in [0.1, 0.15) is 19.7 Å². The number of hydrogen-bond donors (Lipinski definition) is 0. The summed E-state index contributed by atoms with van der Waals surface area (Å²) < 4.78 is 23.5. The summed E-state index contributed by atoms with van der Waals surface area (Å²) in [5.74, 6) is 0.627. The van der Waals surface area contributed by atoms with E-state index in [2.05, 4.69) is 10.2 Å². The van der Waals surface area contributed by atoms with E-state index < -0.39 is 9.05 Å². The Labute approximate surface area is 81.2 Å². The first kappa shape index (κ1) is 10.5. The second-order valence-corrected chi connectivity index (χ2v) is 4.89. The highest BCUT2D eigenvalue weighted by Crippen LogP contribution is 2.13. The van der Waals surface area contributed by atoms with Crippen LogP contribution in [0.4, 0.5) is 0 Å². The van der Waals surface area contributed by atoms with Crippen molar-refractivity contribution in [2.45, 2.75) is 32.0 Å². The van der Waals surface area contributed by atoms with Gasteiger partial charge in [0.25, 0.3) is 14.2 Å². The fourth-order valence-electron chi connectivity index (χ4n) is 1.08. The van der Waals surface area contributed by atoms with Crippen molar-refractivity contribution in [1.82, 2.24) is 14.8 Å². The fraction of sp³-hybridized carbons (Fsp3) is 0.667. The quantitative estimate of drug-likeness (QED) is 0.711. The number of aryl methyl sites for hydroxylation is 1. The largest absolute Gasteiger partial charge is 0.301 e. The van der Waals surface area contributed by atoms with Crippen molar-refractivity contribution < 1.29 is 8.42 Å². The van der Waals surface area contributed by atoms with Gasteiger partial charge in [-0.05, 0) is 6.92 Å². The van der Waals surface area contributed by atoms with Gasteiger partial charge in [0.05, 0.1) is 0 Å². The smallest absolute Gasteiger partial charge is 0.296 e. The van der Waals surface area contributed by atoms with Crippen LogP contribution < -0.4 is 0 Å². The van der Waals surface area contributed by atoms with Gasteiger partial charge in [0.1, 0.15) is 5.82 Å². The molecule has 7 heteroatoms. The molecule has 0 spiro atoms. The lowest BCUT2D eigenvalue weighted by atomic mass is 10.4. The Balaban J connectivity index is 3.32. The highest BCUT2D eigenvalue weighted by Gasteiger charge is 2.20. The van der Waals surface area contributed by atoms with Gasteiger partial charge >= 0.3 is 0 Å². The topological polar surface area (TPSA) is 64.8 Å². The van der Waals surface area contributed by atoms with Gasteiger partial charge in [0.2, 0.25) is 0 Å². The molecule has 13 heavy (non-hydrogen) atoms. The zero-order chi connectivity index (χ0) is 10.1. The highest BCUT2D eigenvalue weighted by atomic mass is 35.7. The van der Waals surface area contributed by atoms with Crippen LogP contribution in [0.3, 0.4) is 0 Å². The molecular weight excluding hydrogens is 214 g/mol. The molecule has 0 saturated heterocycles. The molecule has 1 aromatic heterocycles. The Hall–Kier alpha value is -0.620. The molecule has 0 aliphatic carbocycles. The summed E-state index contributed by atoms with van der Waals surface area (Å²) in [5, 5.41) is 7.07. The fourth-order valence-corrected chi connectivity index (χ4v) is 2.06. The zero-order valence-electron chi connectivity index (χ0n) is 7.36. The van der Waals surface area contributed by atoms with Crippen LogP contribution in [0.25, 0.3) is 0 Å². The first-order valence-electron chi connectivity index (χ1n) is 3.87. The summed E-state index contributed by atoms with van der Waals surface area (Å²) in [6.07, 6.45) is 0.632. The third-order valence-corrected chi connectivity index (χ3v) is 2.80. The van der Waals surface area contributed by atoms with Gasteiger partial charge in [-0.2, -0.15) is 0 Å². The Morgan fingerprint density at radius 1 is 1.38 bits per heavy atom. The second-order valence-electron chi connectivity index (χ2n) is 2.43. The first-order valence-corrected chi connectivity index (χ1v) is 6.18. The van der Waals surface area contributed by atoms with Crippen LogP contribution >= 0.6 is 10.7 Å². The van der Waals surface area contributed by atoms with E-state index >= 15 is 0 Å². The molecule has 0 atom stereocenters. The monoisotopic (exact) mass is 223 g/mol. The van der Waals surface area contributed by atoms with E-state index in [1.165, 1.54) is 4.57 Å². The summed E-state index contributed by atoms with van der Waals surface area (Å²) in [6.45, 7) is 4.19. The van der Waals surface area contributed by atoms with Crippen molar-refractivity contribution in [3.05, 3.63) is 5.82 Å². The summed E-state index contributed by atoms with van der Waals surface area (Å²) >= 11 is 0. The van der Waals surface area contributed by atoms with Crippen LogP contribution in [0.15, 0.2) is 5.16 Å². The van der Waals surface area contributed by atoms with Crippen LogP contribution in [-0.4, -0.2) is 23.2 Å². The van der Waals surface area contributed by atoms with Crippen LogP contribution in [0.2, 0.25) is 0 Å². The minimum absolute atomic E-state index is 0.173. The molecule has 1 heterocycles. The number of halogens is 1. The standard InChI is InChI=1S/C6H10ClN3O2S/c1-3-5-8-9-6(10(5)4-2)13(7,11)12/h3-4H2,1-2H3. The molecule has 0 aliphatic heterocycles. The predicted molar refractivity (Wildman–Crippen MR) is 48.1 cm³/mol. The minimum Gasteiger partial charge on any atom is -0.301 e. The van der Waals surface area contributed by atoms with E-state index in [0.717, 1.165) is 0 Å². The lowest BCUT2D eigenvalue weighted by Gasteiger charge is -2.02. The first-order chi connectivity index (χ1) is 6.00. The number of hydrogen-bond acceptors (Lipinski definition) is 4. The maximum atomic E-state index is 11.0. The van der Waals surface area contributed by atoms with Gasteiger partial charge in [-0.3, -0.25) is 0 Å². The minimum atomic E-state index is -3.77. The lowest BCUT2D eigenvalue weighted by Crippen LogP contribution is -2.07. The van der Waals surface area contributed by atoms with Gasteiger partial charge in [-0.25, -0.2) is 8.42 Å². The van der Waals surface area contributed by atoms with Crippen LogP contribution in [-0.2, 0) is 22.0 Å². The Kier molecular flexibility index (Phi) is 2.92. The number of aromatic nitrogens is 3. The second kappa shape index (κ2) is 3.63. The molecule has 0 amide bonds. The maximum Gasteiger partial charge on any atom is 0.296 e. The van der Waals surface area contributed by atoms with Crippen molar-refractivity contribution in [3.8, 4) is 0 Å². The number of rotatable bonds is 3. The van der Waals surface area contributed by atoms with Gasteiger partial charge in [0.15, 0.2) is 0 Å². The van der Waals surface area contributed by atoms with Gasteiger partial charge in [-0.1, -0.05) is 6.92 Å². The van der Waals surface area contributed by atoms with Crippen molar-refractivity contribution >= 4 is 19.7 Å². The van der Waals surface area contributed by atoms with Crippen LogP contribution in [0, 0.1) is 0 Å². The molecule has 74 valence electrons. The molecule has 0 N–H and O–H groups in total. The molecule has 5 nitrogen and oxygen atoms in total. The molecular formula is C6H10ClN3O2S. The van der Waals surface area contributed by atoms with E-state index in [1.807, 2.05) is 13.8 Å². The van der Waals surface area contributed by atoms with Crippen molar-refractivity contribution in [2.75, 3.05) is 0 Å². The molecule has 1 aromatic rings. The van der Waals surface area contributed by atoms with E-state index in [1.54, 1.807) is 0 Å². The molecule has 0 radical (unpaired) electrons. The molecule has 0 aliphatic rings. The Bertz CT molecular complexity index is 398. The Morgan fingerprint density at radius 2 is 2.00 bits per heavy atom. The summed E-state index contributed by atoms with van der Waals surface area (Å²) in [5.41, 5.74) is 0. The van der Waals surface area contributed by atoms with Crippen molar-refractivity contribution in [1.29, 1.82) is 0 Å². The van der Waals surface area contributed by atoms with Gasteiger partial charge in [0, 0.05) is 23.6 Å². The molecule has 1 rings (SSSR count). The zero-order valence-corrected chi connectivity index (χ0v) is 8.93. The summed E-state index contributed by atoms with van der Waals surface area (Å²) in [6, 6.07) is 0. The van der Waals surface area contributed by atoms with Gasteiger partial charge in [-0.15, -0.1) is 10.2 Å². The highest BCUT2D eigenvalue weighted by molar-refractivity contribution is 8.13. The normalized spacial score (nSPS) is 11.9. The SMILES string of the molecule is CCc1nnc(S(=O)(=O)Cl)n1CC. The molecule has 0 bridgehead atoms. The van der Waals surface area contributed by atoms with Crippen molar-refractivity contribution in [2.24, 2.45) is 0 Å². The van der Waals surface area contributed by atoms with E-state index in [0.29, 0.717) is 18.8 Å². The molecule has 0 fully saturated rings. The third-order valence-electron chi connectivity index (χ3n) is 1.64. The van der Waals surface area contributed by atoms with E-state index in [-0.39, 0.29) is 5.16 Å². The van der Waals surface area contributed by atoms with Crippen molar-refractivity contribution in [3.63, 3.8) is 0 Å². The maximum absolute atomic E-state index is 11.0. The third kappa shape index (κ3) is 2.00. The van der Waals surface area contributed by atoms with E-state index in [9.17, 15) is 8.42 Å². The molecule has 0 unspecified atom stereocenters.